The Balaban J connectivity index is 2.28. The zero-order chi connectivity index (χ0) is 14.7. The SMILES string of the molecule is CNc1c(F)cccc1C(=O)Nc1nnc(C)c(C)n1. The molecular formula is C13H14FN5O. The summed E-state index contributed by atoms with van der Waals surface area (Å²) in [5.74, 6) is -0.914. The first-order valence-electron chi connectivity index (χ1n) is 5.98. The lowest BCUT2D eigenvalue weighted by Gasteiger charge is -2.10. The predicted molar refractivity (Wildman–Crippen MR) is 73.2 cm³/mol. The van der Waals surface area contributed by atoms with Crippen LogP contribution in [0.15, 0.2) is 18.2 Å². The van der Waals surface area contributed by atoms with Crippen molar-refractivity contribution in [1.82, 2.24) is 15.2 Å². The van der Waals surface area contributed by atoms with Gasteiger partial charge in [0.15, 0.2) is 0 Å². The van der Waals surface area contributed by atoms with Gasteiger partial charge < -0.3 is 5.32 Å². The van der Waals surface area contributed by atoms with Gasteiger partial charge in [-0.3, -0.25) is 10.1 Å². The number of aromatic nitrogens is 3. The number of nitrogens with one attached hydrogen (secondary N) is 2. The molecule has 0 saturated carbocycles. The molecular weight excluding hydrogens is 261 g/mol. The lowest BCUT2D eigenvalue weighted by Crippen LogP contribution is -2.17. The summed E-state index contributed by atoms with van der Waals surface area (Å²) in [6.07, 6.45) is 0. The molecule has 6 nitrogen and oxygen atoms in total. The van der Waals surface area contributed by atoms with Crippen molar-refractivity contribution in [1.29, 1.82) is 0 Å². The Morgan fingerprint density at radius 3 is 2.60 bits per heavy atom. The summed E-state index contributed by atoms with van der Waals surface area (Å²) < 4.78 is 13.6. The lowest BCUT2D eigenvalue weighted by atomic mass is 10.1. The van der Waals surface area contributed by atoms with Crippen molar-refractivity contribution < 1.29 is 9.18 Å². The zero-order valence-electron chi connectivity index (χ0n) is 11.4. The minimum atomic E-state index is -0.501. The van der Waals surface area contributed by atoms with E-state index in [4.69, 9.17) is 0 Å². The molecule has 0 aliphatic rings. The van der Waals surface area contributed by atoms with Crippen LogP contribution in [0.3, 0.4) is 0 Å². The number of anilines is 2. The first-order valence-corrected chi connectivity index (χ1v) is 5.98. The summed E-state index contributed by atoms with van der Waals surface area (Å²) in [5, 5.41) is 12.8. The highest BCUT2D eigenvalue weighted by Crippen LogP contribution is 2.20. The van der Waals surface area contributed by atoms with Crippen molar-refractivity contribution in [2.75, 3.05) is 17.7 Å². The van der Waals surface area contributed by atoms with Crippen molar-refractivity contribution in [2.45, 2.75) is 13.8 Å². The van der Waals surface area contributed by atoms with Crippen LogP contribution in [0.25, 0.3) is 0 Å². The van der Waals surface area contributed by atoms with Crippen LogP contribution in [0.1, 0.15) is 21.7 Å². The average molecular weight is 275 g/mol. The van der Waals surface area contributed by atoms with E-state index in [1.165, 1.54) is 18.2 Å². The average Bonchev–Trinajstić information content (AvgIpc) is 2.42. The molecule has 0 unspecified atom stereocenters. The maximum atomic E-state index is 13.6. The highest BCUT2D eigenvalue weighted by Gasteiger charge is 2.15. The van der Waals surface area contributed by atoms with E-state index in [1.807, 2.05) is 0 Å². The monoisotopic (exact) mass is 275 g/mol. The molecule has 0 fully saturated rings. The van der Waals surface area contributed by atoms with Crippen molar-refractivity contribution in [3.63, 3.8) is 0 Å². The van der Waals surface area contributed by atoms with E-state index in [1.54, 1.807) is 20.9 Å². The number of nitrogens with zero attached hydrogens (tertiary/aromatic N) is 3. The topological polar surface area (TPSA) is 79.8 Å². The molecule has 1 amide bonds. The van der Waals surface area contributed by atoms with E-state index in [2.05, 4.69) is 25.8 Å². The molecule has 1 heterocycles. The van der Waals surface area contributed by atoms with Gasteiger partial charge in [-0.1, -0.05) is 6.07 Å². The molecule has 1 aromatic heterocycles. The third-order valence-electron chi connectivity index (χ3n) is 2.83. The number of benzene rings is 1. The number of halogens is 1. The Kier molecular flexibility index (Phi) is 3.88. The van der Waals surface area contributed by atoms with Gasteiger partial charge in [-0.25, -0.2) is 9.37 Å². The molecule has 2 aromatic rings. The molecule has 104 valence electrons. The number of amides is 1. The summed E-state index contributed by atoms with van der Waals surface area (Å²) in [5.41, 5.74) is 1.66. The van der Waals surface area contributed by atoms with Crippen LogP contribution in [-0.4, -0.2) is 28.1 Å². The van der Waals surface area contributed by atoms with Gasteiger partial charge in [-0.15, -0.1) is 5.10 Å². The van der Waals surface area contributed by atoms with E-state index in [9.17, 15) is 9.18 Å². The Bertz CT molecular complexity index is 659. The minimum absolute atomic E-state index is 0.0874. The largest absolute Gasteiger partial charge is 0.385 e. The normalized spacial score (nSPS) is 10.2. The van der Waals surface area contributed by atoms with Gasteiger partial charge in [0, 0.05) is 7.05 Å². The van der Waals surface area contributed by atoms with Gasteiger partial charge in [0.1, 0.15) is 5.82 Å². The van der Waals surface area contributed by atoms with Crippen molar-refractivity contribution in [3.05, 3.63) is 41.0 Å². The van der Waals surface area contributed by atoms with Gasteiger partial charge in [0.2, 0.25) is 5.95 Å². The molecule has 20 heavy (non-hydrogen) atoms. The van der Waals surface area contributed by atoms with Crippen LogP contribution < -0.4 is 10.6 Å². The Morgan fingerprint density at radius 1 is 1.20 bits per heavy atom. The summed E-state index contributed by atoms with van der Waals surface area (Å²) in [6, 6.07) is 4.25. The van der Waals surface area contributed by atoms with E-state index >= 15 is 0 Å². The molecule has 0 saturated heterocycles. The number of hydrogen-bond acceptors (Lipinski definition) is 5. The van der Waals surface area contributed by atoms with Crippen molar-refractivity contribution in [3.8, 4) is 0 Å². The molecule has 0 atom stereocenters. The van der Waals surface area contributed by atoms with Crippen LogP contribution >= 0.6 is 0 Å². The predicted octanol–water partition coefficient (Wildman–Crippen LogP) is 1.92. The summed E-state index contributed by atoms with van der Waals surface area (Å²) in [7, 11) is 1.54. The molecule has 0 bridgehead atoms. The molecule has 0 radical (unpaired) electrons. The molecule has 0 aliphatic heterocycles. The highest BCUT2D eigenvalue weighted by molar-refractivity contribution is 6.07. The molecule has 7 heteroatoms. The van der Waals surface area contributed by atoms with Crippen LogP contribution in [0, 0.1) is 19.7 Å². The Hall–Kier alpha value is -2.57. The van der Waals surface area contributed by atoms with Gasteiger partial charge in [0.25, 0.3) is 5.91 Å². The van der Waals surface area contributed by atoms with Crippen LogP contribution in [-0.2, 0) is 0 Å². The second-order valence-electron chi connectivity index (χ2n) is 4.17. The number of hydrogen-bond donors (Lipinski definition) is 2. The maximum absolute atomic E-state index is 13.6. The first-order chi connectivity index (χ1) is 9.52. The number of carbonyl (C=O) groups is 1. The van der Waals surface area contributed by atoms with Crippen LogP contribution in [0.4, 0.5) is 16.0 Å². The number of para-hydroxylation sites is 1. The molecule has 0 aliphatic carbocycles. The second-order valence-corrected chi connectivity index (χ2v) is 4.17. The molecule has 2 N–H and O–H groups in total. The fourth-order valence-corrected chi connectivity index (χ4v) is 1.65. The van der Waals surface area contributed by atoms with E-state index in [0.717, 1.165) is 0 Å². The van der Waals surface area contributed by atoms with Gasteiger partial charge >= 0.3 is 0 Å². The molecule has 2 rings (SSSR count). The maximum Gasteiger partial charge on any atom is 0.260 e. The molecule has 1 aromatic carbocycles. The van der Waals surface area contributed by atoms with E-state index < -0.39 is 11.7 Å². The quantitative estimate of drug-likeness (QED) is 0.894. The second kappa shape index (κ2) is 5.60. The van der Waals surface area contributed by atoms with Gasteiger partial charge in [-0.2, -0.15) is 5.10 Å². The lowest BCUT2D eigenvalue weighted by molar-refractivity contribution is 0.102. The summed E-state index contributed by atoms with van der Waals surface area (Å²) in [4.78, 5) is 16.2. The Morgan fingerprint density at radius 2 is 1.95 bits per heavy atom. The van der Waals surface area contributed by atoms with E-state index in [-0.39, 0.29) is 17.2 Å². The first kappa shape index (κ1) is 13.9. The third kappa shape index (κ3) is 2.71. The minimum Gasteiger partial charge on any atom is -0.385 e. The van der Waals surface area contributed by atoms with Gasteiger partial charge in [-0.05, 0) is 26.0 Å². The van der Waals surface area contributed by atoms with Crippen molar-refractivity contribution in [2.24, 2.45) is 0 Å². The van der Waals surface area contributed by atoms with Gasteiger partial charge in [0.05, 0.1) is 22.6 Å². The number of rotatable bonds is 3. The fourth-order valence-electron chi connectivity index (χ4n) is 1.65. The smallest absolute Gasteiger partial charge is 0.260 e. The molecule has 0 spiro atoms. The third-order valence-corrected chi connectivity index (χ3v) is 2.83. The van der Waals surface area contributed by atoms with E-state index in [0.29, 0.717) is 11.4 Å². The zero-order valence-corrected chi connectivity index (χ0v) is 11.4. The Labute approximate surface area is 115 Å². The standard InChI is InChI=1S/C13H14FN5O/c1-7-8(2)18-19-13(16-7)17-12(20)9-5-4-6-10(14)11(9)15-3/h4-6,15H,1-3H3,(H,16,17,19,20). The summed E-state index contributed by atoms with van der Waals surface area (Å²) >= 11 is 0. The highest BCUT2D eigenvalue weighted by atomic mass is 19.1. The number of aryl methyl sites for hydroxylation is 2. The number of carbonyl (C=O) groups excluding carboxylic acids is 1. The fraction of sp³-hybridized carbons (Fsp3) is 0.231. The van der Waals surface area contributed by atoms with Crippen molar-refractivity contribution >= 4 is 17.5 Å². The van der Waals surface area contributed by atoms with Crippen LogP contribution in [0.5, 0.6) is 0 Å². The summed E-state index contributed by atoms with van der Waals surface area (Å²) in [6.45, 7) is 3.54. The van der Waals surface area contributed by atoms with Crippen LogP contribution in [0.2, 0.25) is 0 Å².